The van der Waals surface area contributed by atoms with Gasteiger partial charge in [-0.2, -0.15) is 0 Å². The Hall–Kier alpha value is -1.61. The van der Waals surface area contributed by atoms with Crippen molar-refractivity contribution in [3.05, 3.63) is 36.0 Å². The number of benzene rings is 1. The van der Waals surface area contributed by atoms with Crippen LogP contribution in [0.1, 0.15) is 43.5 Å². The van der Waals surface area contributed by atoms with E-state index in [0.29, 0.717) is 12.0 Å². The van der Waals surface area contributed by atoms with Gasteiger partial charge in [0.15, 0.2) is 5.78 Å². The number of carbonyl (C=O) groups is 1. The zero-order valence-electron chi connectivity index (χ0n) is 13.0. The largest absolute Gasteiger partial charge is 0.360 e. The van der Waals surface area contributed by atoms with Crippen LogP contribution in [0.15, 0.2) is 30.5 Å². The van der Waals surface area contributed by atoms with Crippen molar-refractivity contribution in [2.45, 2.75) is 33.1 Å². The predicted molar refractivity (Wildman–Crippen MR) is 86.7 cm³/mol. The van der Waals surface area contributed by atoms with Gasteiger partial charge >= 0.3 is 0 Å². The lowest BCUT2D eigenvalue weighted by Crippen LogP contribution is -2.30. The number of nitrogens with zero attached hydrogens (tertiary/aromatic N) is 1. The highest BCUT2D eigenvalue weighted by Gasteiger charge is 2.35. The van der Waals surface area contributed by atoms with Crippen LogP contribution < -0.4 is 0 Å². The Morgan fingerprint density at radius 2 is 2.05 bits per heavy atom. The number of Topliss-reactive ketones (excluding diaryl/α,β-unsaturated/α-hetero) is 1. The third-order valence-electron chi connectivity index (χ3n) is 5.27. The first kappa shape index (κ1) is 14.3. The minimum absolute atomic E-state index is 0.232. The Morgan fingerprint density at radius 1 is 1.29 bits per heavy atom. The van der Waals surface area contributed by atoms with Crippen LogP contribution in [-0.2, 0) is 0 Å². The van der Waals surface area contributed by atoms with Crippen LogP contribution in [0.2, 0.25) is 0 Å². The molecule has 0 aliphatic carbocycles. The van der Waals surface area contributed by atoms with E-state index in [2.05, 4.69) is 23.7 Å². The number of ketones is 1. The van der Waals surface area contributed by atoms with Crippen LogP contribution in [0.25, 0.3) is 10.9 Å². The molecule has 0 radical (unpaired) electrons. The summed E-state index contributed by atoms with van der Waals surface area (Å²) in [4.78, 5) is 18.1. The van der Waals surface area contributed by atoms with Crippen LogP contribution in [0.3, 0.4) is 0 Å². The standard InChI is InChI=1S/C18H24N2O/c1-3-18(4-2)9-10-20(13-18)12-17(21)15-11-19-16-8-6-5-7-14(15)16/h5-8,11,19H,3-4,9-10,12-13H2,1-2H3. The molecule has 3 rings (SSSR count). The van der Waals surface area contributed by atoms with Crippen LogP contribution in [0.5, 0.6) is 0 Å². The summed E-state index contributed by atoms with van der Waals surface area (Å²) < 4.78 is 0. The lowest BCUT2D eigenvalue weighted by Gasteiger charge is -2.26. The summed E-state index contributed by atoms with van der Waals surface area (Å²) in [7, 11) is 0. The molecule has 1 aliphatic heterocycles. The summed E-state index contributed by atoms with van der Waals surface area (Å²) in [6.45, 7) is 7.20. The molecule has 3 heteroatoms. The first-order valence-electron chi connectivity index (χ1n) is 7.99. The number of aromatic nitrogens is 1. The number of likely N-dealkylation sites (tertiary alicyclic amines) is 1. The van der Waals surface area contributed by atoms with Gasteiger partial charge in [-0.05, 0) is 37.3 Å². The predicted octanol–water partition coefficient (Wildman–Crippen LogP) is 3.86. The fourth-order valence-electron chi connectivity index (χ4n) is 3.58. The van der Waals surface area contributed by atoms with E-state index in [9.17, 15) is 4.79 Å². The van der Waals surface area contributed by atoms with Gasteiger partial charge in [-0.15, -0.1) is 0 Å². The summed E-state index contributed by atoms with van der Waals surface area (Å²) in [5, 5.41) is 1.04. The second-order valence-corrected chi connectivity index (χ2v) is 6.34. The molecule has 0 saturated carbocycles. The Bertz CT molecular complexity index is 639. The topological polar surface area (TPSA) is 36.1 Å². The third kappa shape index (κ3) is 2.62. The van der Waals surface area contributed by atoms with Crippen molar-refractivity contribution in [1.82, 2.24) is 9.88 Å². The molecule has 2 aromatic rings. The SMILES string of the molecule is CCC1(CC)CCN(CC(=O)c2c[nH]c3ccccc23)C1. The Morgan fingerprint density at radius 3 is 2.76 bits per heavy atom. The van der Waals surface area contributed by atoms with E-state index in [4.69, 9.17) is 0 Å². The highest BCUT2D eigenvalue weighted by Crippen LogP contribution is 2.36. The first-order chi connectivity index (χ1) is 10.2. The average Bonchev–Trinajstić information content (AvgIpc) is 3.11. The molecule has 1 aliphatic rings. The molecule has 1 N–H and O–H groups in total. The van der Waals surface area contributed by atoms with Gasteiger partial charge in [-0.3, -0.25) is 9.69 Å². The van der Waals surface area contributed by atoms with E-state index >= 15 is 0 Å². The highest BCUT2D eigenvalue weighted by molar-refractivity contribution is 6.08. The third-order valence-corrected chi connectivity index (χ3v) is 5.27. The van der Waals surface area contributed by atoms with E-state index in [-0.39, 0.29) is 5.78 Å². The molecule has 2 heterocycles. The maximum Gasteiger partial charge on any atom is 0.178 e. The minimum Gasteiger partial charge on any atom is -0.360 e. The Labute approximate surface area is 126 Å². The number of rotatable bonds is 5. The molecular weight excluding hydrogens is 260 g/mol. The van der Waals surface area contributed by atoms with Crippen LogP contribution in [0.4, 0.5) is 0 Å². The molecule has 1 aromatic heterocycles. The fourth-order valence-corrected chi connectivity index (χ4v) is 3.58. The van der Waals surface area contributed by atoms with Crippen molar-refractivity contribution in [2.75, 3.05) is 19.6 Å². The van der Waals surface area contributed by atoms with E-state index < -0.39 is 0 Å². The molecule has 0 atom stereocenters. The number of hydrogen-bond donors (Lipinski definition) is 1. The second-order valence-electron chi connectivity index (χ2n) is 6.34. The zero-order chi connectivity index (χ0) is 14.9. The molecule has 0 unspecified atom stereocenters. The summed E-state index contributed by atoms with van der Waals surface area (Å²) in [5.41, 5.74) is 2.30. The average molecular weight is 284 g/mol. The van der Waals surface area contributed by atoms with E-state index in [1.54, 1.807) is 0 Å². The normalized spacial score (nSPS) is 18.4. The quantitative estimate of drug-likeness (QED) is 0.846. The summed E-state index contributed by atoms with van der Waals surface area (Å²) in [6.07, 6.45) is 5.50. The summed E-state index contributed by atoms with van der Waals surface area (Å²) in [5.74, 6) is 0.232. The van der Waals surface area contributed by atoms with E-state index in [1.165, 1.54) is 19.3 Å². The van der Waals surface area contributed by atoms with Gasteiger partial charge in [0.1, 0.15) is 0 Å². The van der Waals surface area contributed by atoms with E-state index in [0.717, 1.165) is 29.6 Å². The number of carbonyl (C=O) groups excluding carboxylic acids is 1. The molecule has 0 bridgehead atoms. The maximum atomic E-state index is 12.6. The number of fused-ring (bicyclic) bond motifs is 1. The van der Waals surface area contributed by atoms with Crippen molar-refractivity contribution < 1.29 is 4.79 Å². The van der Waals surface area contributed by atoms with Gasteiger partial charge in [0, 0.05) is 29.2 Å². The summed E-state index contributed by atoms with van der Waals surface area (Å²) >= 11 is 0. The molecule has 0 amide bonds. The highest BCUT2D eigenvalue weighted by atomic mass is 16.1. The van der Waals surface area contributed by atoms with Crippen LogP contribution in [-0.4, -0.2) is 35.3 Å². The van der Waals surface area contributed by atoms with Gasteiger partial charge in [-0.1, -0.05) is 32.0 Å². The fraction of sp³-hybridized carbons (Fsp3) is 0.500. The Kier molecular flexibility index (Phi) is 3.85. The number of aromatic amines is 1. The molecule has 3 nitrogen and oxygen atoms in total. The van der Waals surface area contributed by atoms with Crippen LogP contribution in [0, 0.1) is 5.41 Å². The molecule has 0 spiro atoms. The van der Waals surface area contributed by atoms with Gasteiger partial charge in [-0.25, -0.2) is 0 Å². The van der Waals surface area contributed by atoms with Crippen molar-refractivity contribution >= 4 is 16.7 Å². The number of H-pyrrole nitrogens is 1. The van der Waals surface area contributed by atoms with Gasteiger partial charge in [0.2, 0.25) is 0 Å². The number of para-hydroxylation sites is 1. The molecule has 112 valence electrons. The maximum absolute atomic E-state index is 12.6. The van der Waals surface area contributed by atoms with Gasteiger partial charge in [0.25, 0.3) is 0 Å². The second kappa shape index (κ2) is 5.64. The summed E-state index contributed by atoms with van der Waals surface area (Å²) in [6, 6.07) is 8.01. The van der Waals surface area contributed by atoms with Crippen LogP contribution >= 0.6 is 0 Å². The lowest BCUT2D eigenvalue weighted by atomic mass is 9.82. The monoisotopic (exact) mass is 284 g/mol. The zero-order valence-corrected chi connectivity index (χ0v) is 13.0. The molecule has 1 saturated heterocycles. The van der Waals surface area contributed by atoms with Crippen molar-refractivity contribution in [3.63, 3.8) is 0 Å². The van der Waals surface area contributed by atoms with Gasteiger partial charge < -0.3 is 4.98 Å². The molecular formula is C18H24N2O. The van der Waals surface area contributed by atoms with Crippen molar-refractivity contribution in [3.8, 4) is 0 Å². The number of nitrogens with one attached hydrogen (secondary N) is 1. The Balaban J connectivity index is 1.73. The van der Waals surface area contributed by atoms with E-state index in [1.807, 2.05) is 30.5 Å². The molecule has 1 fully saturated rings. The molecule has 1 aromatic carbocycles. The van der Waals surface area contributed by atoms with Crippen molar-refractivity contribution in [2.24, 2.45) is 5.41 Å². The number of hydrogen-bond acceptors (Lipinski definition) is 2. The minimum atomic E-state index is 0.232. The van der Waals surface area contributed by atoms with Gasteiger partial charge in [0.05, 0.1) is 6.54 Å². The first-order valence-corrected chi connectivity index (χ1v) is 7.99. The smallest absolute Gasteiger partial charge is 0.178 e. The lowest BCUT2D eigenvalue weighted by molar-refractivity contribution is 0.0938. The molecule has 21 heavy (non-hydrogen) atoms. The van der Waals surface area contributed by atoms with Crippen molar-refractivity contribution in [1.29, 1.82) is 0 Å².